The SMILES string of the molecule is CC1(C)Oc2ccc(C#N)cc2[C@@H](N=C(NC#N)Nc2ccc(N)cc2)[C@@H]1O. The van der Waals surface area contributed by atoms with E-state index < -0.39 is 17.7 Å². The van der Waals surface area contributed by atoms with Crippen LogP contribution >= 0.6 is 0 Å². The van der Waals surface area contributed by atoms with Crippen LogP contribution < -0.4 is 21.1 Å². The number of fused-ring (bicyclic) bond motifs is 1. The second-order valence-corrected chi connectivity index (χ2v) is 6.92. The molecule has 0 saturated heterocycles. The zero-order valence-corrected chi connectivity index (χ0v) is 15.5. The average Bonchev–Trinajstić information content (AvgIpc) is 2.67. The van der Waals surface area contributed by atoms with Crippen LogP contribution in [0, 0.1) is 22.8 Å². The van der Waals surface area contributed by atoms with Gasteiger partial charge in [-0.15, -0.1) is 0 Å². The van der Waals surface area contributed by atoms with Gasteiger partial charge in [-0.1, -0.05) is 0 Å². The number of nitrogens with two attached hydrogens (primary N) is 1. The van der Waals surface area contributed by atoms with Gasteiger partial charge in [0.15, 0.2) is 6.19 Å². The molecule has 1 aliphatic heterocycles. The summed E-state index contributed by atoms with van der Waals surface area (Å²) in [6, 6.07) is 13.2. The summed E-state index contributed by atoms with van der Waals surface area (Å²) in [6.07, 6.45) is 0.836. The Labute approximate surface area is 162 Å². The summed E-state index contributed by atoms with van der Waals surface area (Å²) in [7, 11) is 0. The van der Waals surface area contributed by atoms with E-state index in [9.17, 15) is 10.4 Å². The highest BCUT2D eigenvalue weighted by Crippen LogP contribution is 2.42. The van der Waals surface area contributed by atoms with E-state index in [-0.39, 0.29) is 5.96 Å². The molecule has 0 bridgehead atoms. The quantitative estimate of drug-likeness (QED) is 0.207. The fraction of sp³-hybridized carbons (Fsp3) is 0.250. The molecule has 8 nitrogen and oxygen atoms in total. The Balaban J connectivity index is 2.03. The number of anilines is 2. The minimum atomic E-state index is -1.00. The molecule has 1 aliphatic rings. The summed E-state index contributed by atoms with van der Waals surface area (Å²) in [5, 5.41) is 34.7. The van der Waals surface area contributed by atoms with E-state index in [2.05, 4.69) is 21.7 Å². The number of aliphatic hydroxyl groups is 1. The second-order valence-electron chi connectivity index (χ2n) is 6.92. The number of benzene rings is 2. The maximum absolute atomic E-state index is 10.9. The molecular weight excluding hydrogens is 356 g/mol. The lowest BCUT2D eigenvalue weighted by Crippen LogP contribution is -2.49. The van der Waals surface area contributed by atoms with Crippen LogP contribution in [0.2, 0.25) is 0 Å². The smallest absolute Gasteiger partial charge is 0.209 e. The minimum Gasteiger partial charge on any atom is -0.485 e. The number of ether oxygens (including phenoxy) is 1. The third-order valence-electron chi connectivity index (χ3n) is 4.46. The highest BCUT2D eigenvalue weighted by Gasteiger charge is 2.43. The lowest BCUT2D eigenvalue weighted by Gasteiger charge is -2.40. The number of nitrogen functional groups attached to an aromatic ring is 1. The van der Waals surface area contributed by atoms with E-state index in [1.807, 2.05) is 6.19 Å². The van der Waals surface area contributed by atoms with Crippen molar-refractivity contribution in [2.75, 3.05) is 11.1 Å². The molecular formula is C20H20N6O2. The average molecular weight is 376 g/mol. The molecule has 0 saturated carbocycles. The van der Waals surface area contributed by atoms with Crippen LogP contribution in [0.3, 0.4) is 0 Å². The van der Waals surface area contributed by atoms with Gasteiger partial charge in [0.2, 0.25) is 5.96 Å². The van der Waals surface area contributed by atoms with E-state index in [1.54, 1.807) is 56.3 Å². The number of nitrogens with one attached hydrogen (secondary N) is 2. The van der Waals surface area contributed by atoms with Crippen molar-refractivity contribution in [3.8, 4) is 18.0 Å². The van der Waals surface area contributed by atoms with Gasteiger partial charge in [0.05, 0.1) is 11.6 Å². The van der Waals surface area contributed by atoms with Crippen molar-refractivity contribution in [1.82, 2.24) is 5.32 Å². The van der Waals surface area contributed by atoms with Crippen molar-refractivity contribution in [3.05, 3.63) is 53.6 Å². The van der Waals surface area contributed by atoms with Crippen molar-refractivity contribution in [3.63, 3.8) is 0 Å². The normalized spacial score (nSPS) is 20.1. The predicted octanol–water partition coefficient (Wildman–Crippen LogP) is 2.25. The van der Waals surface area contributed by atoms with Crippen molar-refractivity contribution >= 4 is 17.3 Å². The monoisotopic (exact) mass is 376 g/mol. The number of guanidine groups is 1. The van der Waals surface area contributed by atoms with E-state index in [1.165, 1.54) is 0 Å². The summed E-state index contributed by atoms with van der Waals surface area (Å²) in [4.78, 5) is 4.54. The Morgan fingerprint density at radius 3 is 2.57 bits per heavy atom. The Bertz CT molecular complexity index is 985. The van der Waals surface area contributed by atoms with Crippen LogP contribution in [0.5, 0.6) is 5.75 Å². The fourth-order valence-electron chi connectivity index (χ4n) is 2.97. The molecule has 5 N–H and O–H groups in total. The van der Waals surface area contributed by atoms with Gasteiger partial charge in [0.25, 0.3) is 0 Å². The molecule has 142 valence electrons. The van der Waals surface area contributed by atoms with Crippen LogP contribution in [0.1, 0.15) is 31.0 Å². The highest BCUT2D eigenvalue weighted by molar-refractivity contribution is 5.94. The van der Waals surface area contributed by atoms with Gasteiger partial charge in [-0.2, -0.15) is 10.5 Å². The summed E-state index contributed by atoms with van der Waals surface area (Å²) in [5.41, 5.74) is 7.06. The van der Waals surface area contributed by atoms with Gasteiger partial charge in [-0.05, 0) is 56.3 Å². The number of aliphatic imine (C=N–C) groups is 1. The molecule has 0 radical (unpaired) electrons. The van der Waals surface area contributed by atoms with Gasteiger partial charge in [0.1, 0.15) is 23.5 Å². The van der Waals surface area contributed by atoms with Gasteiger partial charge in [-0.3, -0.25) is 5.32 Å². The van der Waals surface area contributed by atoms with E-state index in [0.29, 0.717) is 28.3 Å². The number of nitriles is 2. The van der Waals surface area contributed by atoms with Gasteiger partial charge < -0.3 is 20.9 Å². The first kappa shape index (κ1) is 19.0. The lowest BCUT2D eigenvalue weighted by molar-refractivity contribution is -0.0567. The van der Waals surface area contributed by atoms with Gasteiger partial charge in [-0.25, -0.2) is 4.99 Å². The Morgan fingerprint density at radius 2 is 1.93 bits per heavy atom. The first-order chi connectivity index (χ1) is 13.3. The van der Waals surface area contributed by atoms with Crippen LogP contribution in [-0.4, -0.2) is 22.8 Å². The maximum Gasteiger partial charge on any atom is 0.209 e. The minimum absolute atomic E-state index is 0.155. The third-order valence-corrected chi connectivity index (χ3v) is 4.46. The molecule has 2 aromatic rings. The lowest BCUT2D eigenvalue weighted by atomic mass is 9.86. The molecule has 0 spiro atoms. The molecule has 0 aromatic heterocycles. The summed E-state index contributed by atoms with van der Waals surface area (Å²) in [5.74, 6) is 0.689. The molecule has 2 atom stereocenters. The van der Waals surface area contributed by atoms with Gasteiger partial charge >= 0.3 is 0 Å². The molecule has 3 rings (SSSR count). The molecule has 0 unspecified atom stereocenters. The fourth-order valence-corrected chi connectivity index (χ4v) is 2.97. The van der Waals surface area contributed by atoms with E-state index in [4.69, 9.17) is 15.7 Å². The van der Waals surface area contributed by atoms with Crippen molar-refractivity contribution in [2.24, 2.45) is 4.99 Å². The molecule has 0 aliphatic carbocycles. The van der Waals surface area contributed by atoms with Crippen molar-refractivity contribution in [2.45, 2.75) is 31.6 Å². The van der Waals surface area contributed by atoms with Crippen LogP contribution in [0.15, 0.2) is 47.5 Å². The van der Waals surface area contributed by atoms with E-state index in [0.717, 1.165) is 0 Å². The number of hydrogen-bond donors (Lipinski definition) is 4. The van der Waals surface area contributed by atoms with Gasteiger partial charge in [0, 0.05) is 16.9 Å². The number of hydrogen-bond acceptors (Lipinski definition) is 6. The maximum atomic E-state index is 10.9. The standard InChI is InChI=1S/C20H20N6O2/c1-20(2)18(27)17(15-9-12(10-21)3-8-16(15)28-20)26-19(24-11-22)25-14-6-4-13(23)5-7-14/h3-9,17-18,27H,23H2,1-2H3,(H2,24,25,26)/t17-,18+/m1/s1. The Hall–Kier alpha value is -3.75. The second kappa shape index (κ2) is 7.47. The summed E-state index contributed by atoms with van der Waals surface area (Å²) < 4.78 is 5.89. The highest BCUT2D eigenvalue weighted by atomic mass is 16.5. The predicted molar refractivity (Wildman–Crippen MR) is 105 cm³/mol. The Morgan fingerprint density at radius 1 is 1.21 bits per heavy atom. The zero-order valence-electron chi connectivity index (χ0n) is 15.5. The summed E-state index contributed by atoms with van der Waals surface area (Å²) >= 11 is 0. The third kappa shape index (κ3) is 3.83. The molecule has 0 fully saturated rings. The van der Waals surface area contributed by atoms with Crippen LogP contribution in [-0.2, 0) is 0 Å². The molecule has 8 heteroatoms. The van der Waals surface area contributed by atoms with Crippen molar-refractivity contribution in [1.29, 1.82) is 10.5 Å². The largest absolute Gasteiger partial charge is 0.485 e. The van der Waals surface area contributed by atoms with E-state index >= 15 is 0 Å². The number of rotatable bonds is 2. The molecule has 2 aromatic carbocycles. The molecule has 1 heterocycles. The summed E-state index contributed by atoms with van der Waals surface area (Å²) in [6.45, 7) is 3.51. The molecule has 0 amide bonds. The first-order valence-electron chi connectivity index (χ1n) is 8.60. The molecule has 28 heavy (non-hydrogen) atoms. The van der Waals surface area contributed by atoms with Crippen LogP contribution in [0.25, 0.3) is 0 Å². The Kier molecular flexibility index (Phi) is 5.08. The van der Waals surface area contributed by atoms with Crippen LogP contribution in [0.4, 0.5) is 11.4 Å². The topological polar surface area (TPSA) is 139 Å². The van der Waals surface area contributed by atoms with Crippen molar-refractivity contribution < 1.29 is 9.84 Å². The number of aliphatic hydroxyl groups excluding tert-OH is 1. The first-order valence-corrected chi connectivity index (χ1v) is 8.60. The number of nitrogens with zero attached hydrogens (tertiary/aromatic N) is 3. The zero-order chi connectivity index (χ0) is 20.3.